The fourth-order valence-electron chi connectivity index (χ4n) is 1.82. The van der Waals surface area contributed by atoms with Gasteiger partial charge in [-0.3, -0.25) is 4.79 Å². The Bertz CT molecular complexity index is 640. The van der Waals surface area contributed by atoms with Crippen LogP contribution in [0.25, 0.3) is 6.08 Å². The molecule has 106 valence electrons. The average Bonchev–Trinajstić information content (AvgIpc) is 2.54. The van der Waals surface area contributed by atoms with Gasteiger partial charge in [0, 0.05) is 5.56 Å². The van der Waals surface area contributed by atoms with Crippen LogP contribution in [0.3, 0.4) is 0 Å². The van der Waals surface area contributed by atoms with Crippen molar-refractivity contribution in [3.8, 4) is 0 Å². The molecule has 0 unspecified atom stereocenters. The van der Waals surface area contributed by atoms with E-state index in [0.29, 0.717) is 17.7 Å². The smallest absolute Gasteiger partial charge is 0.338 e. The van der Waals surface area contributed by atoms with Crippen LogP contribution in [-0.2, 0) is 4.74 Å². The lowest BCUT2D eigenvalue weighted by molar-refractivity contribution is 0.0526. The Morgan fingerprint density at radius 3 is 2.19 bits per heavy atom. The highest BCUT2D eigenvalue weighted by Gasteiger charge is 2.07. The van der Waals surface area contributed by atoms with E-state index in [1.54, 1.807) is 37.3 Å². The van der Waals surface area contributed by atoms with Crippen molar-refractivity contribution in [2.45, 2.75) is 6.92 Å². The highest BCUT2D eigenvalue weighted by atomic mass is 16.5. The molecule has 3 heteroatoms. The summed E-state index contributed by atoms with van der Waals surface area (Å²) in [7, 11) is 0. The van der Waals surface area contributed by atoms with Gasteiger partial charge in [0.2, 0.25) is 0 Å². The molecule has 3 nitrogen and oxygen atoms in total. The van der Waals surface area contributed by atoms with Gasteiger partial charge in [0.1, 0.15) is 0 Å². The molecule has 0 bridgehead atoms. The van der Waals surface area contributed by atoms with Crippen molar-refractivity contribution < 1.29 is 14.3 Å². The molecular weight excluding hydrogens is 264 g/mol. The van der Waals surface area contributed by atoms with Gasteiger partial charge in [-0.05, 0) is 30.7 Å². The Kier molecular flexibility index (Phi) is 5.04. The molecule has 2 aromatic rings. The van der Waals surface area contributed by atoms with Gasteiger partial charge in [-0.25, -0.2) is 4.79 Å². The predicted octanol–water partition coefficient (Wildman–Crippen LogP) is 3.76. The van der Waals surface area contributed by atoms with E-state index in [1.165, 1.54) is 6.08 Å². The maximum absolute atomic E-state index is 12.0. The molecule has 0 aliphatic carbocycles. The van der Waals surface area contributed by atoms with Crippen LogP contribution in [0.1, 0.15) is 33.2 Å². The highest BCUT2D eigenvalue weighted by molar-refractivity contribution is 6.07. The molecule has 0 amide bonds. The van der Waals surface area contributed by atoms with E-state index in [9.17, 15) is 9.59 Å². The lowest BCUT2D eigenvalue weighted by Crippen LogP contribution is -2.05. The van der Waals surface area contributed by atoms with E-state index < -0.39 is 0 Å². The van der Waals surface area contributed by atoms with E-state index in [2.05, 4.69) is 0 Å². The molecule has 0 aliphatic heterocycles. The van der Waals surface area contributed by atoms with E-state index in [-0.39, 0.29) is 11.8 Å². The monoisotopic (exact) mass is 280 g/mol. The van der Waals surface area contributed by atoms with Gasteiger partial charge >= 0.3 is 5.97 Å². The number of hydrogen-bond donors (Lipinski definition) is 0. The minimum atomic E-state index is -0.378. The van der Waals surface area contributed by atoms with Gasteiger partial charge in [0.15, 0.2) is 5.78 Å². The normalized spacial score (nSPS) is 10.5. The molecule has 0 atom stereocenters. The Morgan fingerprint density at radius 2 is 1.57 bits per heavy atom. The van der Waals surface area contributed by atoms with Crippen molar-refractivity contribution in [2.75, 3.05) is 6.61 Å². The van der Waals surface area contributed by atoms with Crippen molar-refractivity contribution in [3.63, 3.8) is 0 Å². The van der Waals surface area contributed by atoms with Crippen LogP contribution in [-0.4, -0.2) is 18.4 Å². The molecular formula is C18H16O3. The number of hydrogen-bond acceptors (Lipinski definition) is 3. The Morgan fingerprint density at radius 1 is 0.952 bits per heavy atom. The SMILES string of the molecule is CCOC(=O)c1ccc(C(=O)C=Cc2ccccc2)cc1. The largest absolute Gasteiger partial charge is 0.462 e. The van der Waals surface area contributed by atoms with Gasteiger partial charge in [0.05, 0.1) is 12.2 Å². The summed E-state index contributed by atoms with van der Waals surface area (Å²) in [6.07, 6.45) is 3.29. The number of ketones is 1. The second kappa shape index (κ2) is 7.20. The third-order valence-corrected chi connectivity index (χ3v) is 2.91. The zero-order valence-corrected chi connectivity index (χ0v) is 11.8. The summed E-state index contributed by atoms with van der Waals surface area (Å²) in [6.45, 7) is 2.09. The molecule has 0 saturated carbocycles. The van der Waals surface area contributed by atoms with Crippen LogP contribution >= 0.6 is 0 Å². The molecule has 21 heavy (non-hydrogen) atoms. The van der Waals surface area contributed by atoms with Crippen LogP contribution in [0, 0.1) is 0 Å². The van der Waals surface area contributed by atoms with Gasteiger partial charge < -0.3 is 4.74 Å². The maximum Gasteiger partial charge on any atom is 0.338 e. The van der Waals surface area contributed by atoms with Crippen LogP contribution < -0.4 is 0 Å². The Labute approximate surface area is 123 Å². The number of rotatable bonds is 5. The fourth-order valence-corrected chi connectivity index (χ4v) is 1.82. The number of ether oxygens (including phenoxy) is 1. The Balaban J connectivity index is 2.06. The van der Waals surface area contributed by atoms with Gasteiger partial charge in [0.25, 0.3) is 0 Å². The zero-order valence-electron chi connectivity index (χ0n) is 11.8. The van der Waals surface area contributed by atoms with Crippen LogP contribution in [0.2, 0.25) is 0 Å². The molecule has 0 spiro atoms. The highest BCUT2D eigenvalue weighted by Crippen LogP contribution is 2.09. The maximum atomic E-state index is 12.0. The first-order valence-electron chi connectivity index (χ1n) is 6.75. The summed E-state index contributed by atoms with van der Waals surface area (Å²) in [5.74, 6) is -0.481. The average molecular weight is 280 g/mol. The first-order valence-corrected chi connectivity index (χ1v) is 6.75. The quantitative estimate of drug-likeness (QED) is 0.476. The van der Waals surface area contributed by atoms with Gasteiger partial charge in [-0.15, -0.1) is 0 Å². The molecule has 0 radical (unpaired) electrons. The molecule has 0 aliphatic rings. The van der Waals surface area contributed by atoms with E-state index >= 15 is 0 Å². The summed E-state index contributed by atoms with van der Waals surface area (Å²) in [5, 5.41) is 0. The third-order valence-electron chi connectivity index (χ3n) is 2.91. The van der Waals surface area contributed by atoms with E-state index in [0.717, 1.165) is 5.56 Å². The summed E-state index contributed by atoms with van der Waals surface area (Å²) in [5.41, 5.74) is 1.95. The van der Waals surface area contributed by atoms with Crippen molar-refractivity contribution in [1.29, 1.82) is 0 Å². The van der Waals surface area contributed by atoms with Crippen LogP contribution in [0.5, 0.6) is 0 Å². The topological polar surface area (TPSA) is 43.4 Å². The summed E-state index contributed by atoms with van der Waals surface area (Å²) in [6, 6.07) is 16.1. The second-order valence-corrected chi connectivity index (χ2v) is 4.41. The summed E-state index contributed by atoms with van der Waals surface area (Å²) < 4.78 is 4.90. The van der Waals surface area contributed by atoms with Crippen molar-refractivity contribution >= 4 is 17.8 Å². The first-order chi connectivity index (χ1) is 10.2. The minimum Gasteiger partial charge on any atom is -0.462 e. The standard InChI is InChI=1S/C18H16O3/c1-2-21-18(20)16-11-9-15(10-12-16)17(19)13-8-14-6-4-3-5-7-14/h3-13H,2H2,1H3. The number of carbonyl (C=O) groups is 2. The van der Waals surface area contributed by atoms with E-state index in [1.807, 2.05) is 30.3 Å². The van der Waals surface area contributed by atoms with Crippen LogP contribution in [0.4, 0.5) is 0 Å². The minimum absolute atomic E-state index is 0.103. The lowest BCUT2D eigenvalue weighted by atomic mass is 10.1. The first kappa shape index (κ1) is 14.7. The van der Waals surface area contributed by atoms with Crippen molar-refractivity contribution in [1.82, 2.24) is 0 Å². The molecule has 0 fully saturated rings. The second-order valence-electron chi connectivity index (χ2n) is 4.41. The van der Waals surface area contributed by atoms with Crippen molar-refractivity contribution in [3.05, 3.63) is 77.4 Å². The summed E-state index contributed by atoms with van der Waals surface area (Å²) in [4.78, 5) is 23.5. The molecule has 2 aromatic carbocycles. The van der Waals surface area contributed by atoms with Crippen LogP contribution in [0.15, 0.2) is 60.7 Å². The van der Waals surface area contributed by atoms with E-state index in [4.69, 9.17) is 4.74 Å². The zero-order chi connectivity index (χ0) is 15.1. The molecule has 2 rings (SSSR count). The Hall–Kier alpha value is -2.68. The lowest BCUT2D eigenvalue weighted by Gasteiger charge is -2.02. The number of allylic oxidation sites excluding steroid dienone is 1. The fraction of sp³-hybridized carbons (Fsp3) is 0.111. The third kappa shape index (κ3) is 4.14. The van der Waals surface area contributed by atoms with Crippen molar-refractivity contribution in [2.24, 2.45) is 0 Å². The molecule has 0 N–H and O–H groups in total. The summed E-state index contributed by atoms with van der Waals surface area (Å²) >= 11 is 0. The number of benzene rings is 2. The molecule has 0 saturated heterocycles. The van der Waals surface area contributed by atoms with Gasteiger partial charge in [-0.1, -0.05) is 48.5 Å². The predicted molar refractivity (Wildman–Crippen MR) is 82.2 cm³/mol. The van der Waals surface area contributed by atoms with Gasteiger partial charge in [-0.2, -0.15) is 0 Å². The number of carbonyl (C=O) groups excluding carboxylic acids is 2. The molecule has 0 heterocycles. The number of esters is 1. The molecule has 0 aromatic heterocycles.